The molecule has 1 nitrogen and oxygen atoms in total. The lowest BCUT2D eigenvalue weighted by Crippen LogP contribution is -2.25. The van der Waals surface area contributed by atoms with Crippen LogP contribution in [-0.4, -0.2) is 12.3 Å². The van der Waals surface area contributed by atoms with Gasteiger partial charge >= 0.3 is 0 Å². The van der Waals surface area contributed by atoms with Crippen molar-refractivity contribution in [2.45, 2.75) is 25.6 Å². The lowest BCUT2D eigenvalue weighted by Gasteiger charge is -2.23. The molecule has 1 aromatic carbocycles. The summed E-state index contributed by atoms with van der Waals surface area (Å²) in [6.45, 7) is 5.51. The van der Waals surface area contributed by atoms with E-state index in [1.807, 2.05) is 11.8 Å². The van der Waals surface area contributed by atoms with Gasteiger partial charge in [-0.05, 0) is 49.3 Å². The molecular weight excluding hydrogens is 190 g/mol. The van der Waals surface area contributed by atoms with Crippen molar-refractivity contribution in [1.29, 1.82) is 0 Å². The van der Waals surface area contributed by atoms with E-state index < -0.39 is 0 Å². The maximum absolute atomic E-state index is 3.55. The number of aryl methyl sites for hydroxylation is 2. The first-order chi connectivity index (χ1) is 6.77. The van der Waals surface area contributed by atoms with Gasteiger partial charge in [-0.3, -0.25) is 0 Å². The summed E-state index contributed by atoms with van der Waals surface area (Å²) in [7, 11) is 0. The van der Waals surface area contributed by atoms with E-state index >= 15 is 0 Å². The molecule has 1 aliphatic rings. The van der Waals surface area contributed by atoms with Gasteiger partial charge in [0.15, 0.2) is 0 Å². The zero-order chi connectivity index (χ0) is 9.97. The fourth-order valence-corrected chi connectivity index (χ4v) is 2.83. The SMILES string of the molecule is Cc1ccc(C2NCCCS2)cc1C. The van der Waals surface area contributed by atoms with E-state index in [2.05, 4.69) is 37.4 Å². The Hall–Kier alpha value is -0.470. The zero-order valence-corrected chi connectivity index (χ0v) is 9.66. The van der Waals surface area contributed by atoms with Crippen LogP contribution in [0.15, 0.2) is 18.2 Å². The summed E-state index contributed by atoms with van der Waals surface area (Å²) in [5, 5.41) is 4.06. The Bertz CT molecular complexity index is 316. The van der Waals surface area contributed by atoms with E-state index in [-0.39, 0.29) is 0 Å². The molecule has 1 heterocycles. The van der Waals surface area contributed by atoms with Crippen LogP contribution in [-0.2, 0) is 0 Å². The second-order valence-electron chi connectivity index (χ2n) is 3.90. The molecule has 0 aliphatic carbocycles. The van der Waals surface area contributed by atoms with Gasteiger partial charge in [-0.1, -0.05) is 18.2 Å². The van der Waals surface area contributed by atoms with Crippen LogP contribution >= 0.6 is 11.8 Å². The minimum Gasteiger partial charge on any atom is -0.302 e. The highest BCUT2D eigenvalue weighted by atomic mass is 32.2. The fraction of sp³-hybridized carbons (Fsp3) is 0.500. The Balaban J connectivity index is 2.18. The number of nitrogens with one attached hydrogen (secondary N) is 1. The lowest BCUT2D eigenvalue weighted by molar-refractivity contribution is 0.643. The Labute approximate surface area is 90.3 Å². The second-order valence-corrected chi connectivity index (χ2v) is 5.12. The number of hydrogen-bond acceptors (Lipinski definition) is 2. The van der Waals surface area contributed by atoms with Crippen LogP contribution in [0.4, 0.5) is 0 Å². The monoisotopic (exact) mass is 207 g/mol. The highest BCUT2D eigenvalue weighted by Gasteiger charge is 2.14. The third kappa shape index (κ3) is 2.12. The second kappa shape index (κ2) is 4.37. The molecule has 0 aromatic heterocycles. The van der Waals surface area contributed by atoms with E-state index in [1.165, 1.54) is 28.9 Å². The van der Waals surface area contributed by atoms with E-state index in [0.717, 1.165) is 6.54 Å². The summed E-state index contributed by atoms with van der Waals surface area (Å²) in [6.07, 6.45) is 1.30. The average Bonchev–Trinajstić information content (AvgIpc) is 2.23. The first-order valence-electron chi connectivity index (χ1n) is 5.19. The lowest BCUT2D eigenvalue weighted by atomic mass is 10.1. The smallest absolute Gasteiger partial charge is 0.0789 e. The van der Waals surface area contributed by atoms with Crippen LogP contribution in [0.2, 0.25) is 0 Å². The van der Waals surface area contributed by atoms with Gasteiger partial charge in [0.05, 0.1) is 5.37 Å². The van der Waals surface area contributed by atoms with Crippen molar-refractivity contribution in [2.24, 2.45) is 0 Å². The summed E-state index contributed by atoms with van der Waals surface area (Å²) in [5.41, 5.74) is 4.21. The van der Waals surface area contributed by atoms with Crippen LogP contribution in [0.25, 0.3) is 0 Å². The molecule has 0 amide bonds. The van der Waals surface area contributed by atoms with E-state index in [0.29, 0.717) is 5.37 Å². The van der Waals surface area contributed by atoms with Gasteiger partial charge in [-0.15, -0.1) is 11.8 Å². The molecule has 2 rings (SSSR count). The molecule has 1 aromatic rings. The fourth-order valence-electron chi connectivity index (χ4n) is 1.71. The summed E-state index contributed by atoms with van der Waals surface area (Å²) < 4.78 is 0. The van der Waals surface area contributed by atoms with Gasteiger partial charge in [0.25, 0.3) is 0 Å². The number of benzene rings is 1. The Morgan fingerprint density at radius 2 is 2.14 bits per heavy atom. The minimum atomic E-state index is 0.517. The maximum atomic E-state index is 3.55. The molecule has 1 saturated heterocycles. The van der Waals surface area contributed by atoms with Crippen LogP contribution in [0.3, 0.4) is 0 Å². The van der Waals surface area contributed by atoms with Crippen LogP contribution in [0.5, 0.6) is 0 Å². The molecule has 0 radical (unpaired) electrons. The van der Waals surface area contributed by atoms with Crippen LogP contribution in [0.1, 0.15) is 28.5 Å². The Morgan fingerprint density at radius 1 is 1.29 bits per heavy atom. The van der Waals surface area contributed by atoms with Gasteiger partial charge in [0.2, 0.25) is 0 Å². The van der Waals surface area contributed by atoms with Gasteiger partial charge < -0.3 is 5.32 Å². The topological polar surface area (TPSA) is 12.0 Å². The highest BCUT2D eigenvalue weighted by molar-refractivity contribution is 7.99. The van der Waals surface area contributed by atoms with Crippen LogP contribution < -0.4 is 5.32 Å². The molecule has 1 atom stereocenters. The van der Waals surface area contributed by atoms with Crippen molar-refractivity contribution >= 4 is 11.8 Å². The van der Waals surface area contributed by atoms with Crippen molar-refractivity contribution in [1.82, 2.24) is 5.32 Å². The molecule has 0 spiro atoms. The largest absolute Gasteiger partial charge is 0.302 e. The molecule has 1 aliphatic heterocycles. The van der Waals surface area contributed by atoms with Gasteiger partial charge in [0, 0.05) is 0 Å². The van der Waals surface area contributed by atoms with Gasteiger partial charge in [-0.25, -0.2) is 0 Å². The van der Waals surface area contributed by atoms with Crippen molar-refractivity contribution in [2.75, 3.05) is 12.3 Å². The summed E-state index contributed by atoms with van der Waals surface area (Å²) >= 11 is 2.02. The minimum absolute atomic E-state index is 0.517. The summed E-state index contributed by atoms with van der Waals surface area (Å²) in [4.78, 5) is 0. The third-order valence-corrected chi connectivity index (χ3v) is 4.07. The normalized spacial score (nSPS) is 22.3. The third-order valence-electron chi connectivity index (χ3n) is 2.77. The molecule has 1 fully saturated rings. The Morgan fingerprint density at radius 3 is 2.79 bits per heavy atom. The standard InChI is InChI=1S/C12H17NS/c1-9-4-5-11(8-10(9)2)12-13-6-3-7-14-12/h4-5,8,12-13H,3,6-7H2,1-2H3. The first kappa shape index (κ1) is 10.1. The van der Waals surface area contributed by atoms with Gasteiger partial charge in [-0.2, -0.15) is 0 Å². The predicted octanol–water partition coefficient (Wildman–Crippen LogP) is 3.03. The van der Waals surface area contributed by atoms with Crippen molar-refractivity contribution in [3.63, 3.8) is 0 Å². The molecule has 76 valence electrons. The Kier molecular flexibility index (Phi) is 3.14. The molecule has 0 saturated carbocycles. The van der Waals surface area contributed by atoms with E-state index in [1.54, 1.807) is 0 Å². The summed E-state index contributed by atoms with van der Waals surface area (Å²) in [6, 6.07) is 6.78. The predicted molar refractivity (Wildman–Crippen MR) is 63.7 cm³/mol. The van der Waals surface area contributed by atoms with Gasteiger partial charge in [0.1, 0.15) is 0 Å². The van der Waals surface area contributed by atoms with Crippen LogP contribution in [0, 0.1) is 13.8 Å². The first-order valence-corrected chi connectivity index (χ1v) is 6.24. The molecule has 1 unspecified atom stereocenters. The number of thioether (sulfide) groups is 1. The van der Waals surface area contributed by atoms with E-state index in [4.69, 9.17) is 0 Å². The zero-order valence-electron chi connectivity index (χ0n) is 8.84. The molecule has 14 heavy (non-hydrogen) atoms. The highest BCUT2D eigenvalue weighted by Crippen LogP contribution is 2.30. The maximum Gasteiger partial charge on any atom is 0.0789 e. The molecular formula is C12H17NS. The number of rotatable bonds is 1. The molecule has 0 bridgehead atoms. The average molecular weight is 207 g/mol. The number of hydrogen-bond donors (Lipinski definition) is 1. The van der Waals surface area contributed by atoms with Crippen molar-refractivity contribution < 1.29 is 0 Å². The van der Waals surface area contributed by atoms with Crippen molar-refractivity contribution in [3.8, 4) is 0 Å². The molecule has 1 N–H and O–H groups in total. The molecule has 2 heteroatoms. The van der Waals surface area contributed by atoms with Crippen molar-refractivity contribution in [3.05, 3.63) is 34.9 Å². The van der Waals surface area contributed by atoms with E-state index in [9.17, 15) is 0 Å². The quantitative estimate of drug-likeness (QED) is 0.759. The summed E-state index contributed by atoms with van der Waals surface area (Å²) in [5.74, 6) is 1.28.